The van der Waals surface area contributed by atoms with E-state index in [2.05, 4.69) is 32.2 Å². The maximum Gasteiger partial charge on any atom is 0.141 e. The van der Waals surface area contributed by atoms with E-state index < -0.39 is 5.54 Å². The monoisotopic (exact) mass is 305 g/mol. The summed E-state index contributed by atoms with van der Waals surface area (Å²) in [6.45, 7) is 3.15. The molecule has 0 aliphatic carbocycles. The molecule has 3 saturated heterocycles. The van der Waals surface area contributed by atoms with E-state index in [0.29, 0.717) is 5.92 Å². The van der Waals surface area contributed by atoms with Gasteiger partial charge in [0.1, 0.15) is 5.54 Å². The van der Waals surface area contributed by atoms with Crippen LogP contribution in [0.4, 0.5) is 5.69 Å². The first-order valence-electron chi connectivity index (χ1n) is 6.39. The Labute approximate surface area is 116 Å². The summed E-state index contributed by atoms with van der Waals surface area (Å²) in [6, 6.07) is 10.6. The zero-order valence-corrected chi connectivity index (χ0v) is 11.8. The number of halogens is 1. The van der Waals surface area contributed by atoms with E-state index in [1.54, 1.807) is 0 Å². The van der Waals surface area contributed by atoms with E-state index >= 15 is 0 Å². The zero-order chi connectivity index (χ0) is 12.6. The number of piperidine rings is 3. The number of benzene rings is 1. The molecular weight excluding hydrogens is 290 g/mol. The van der Waals surface area contributed by atoms with Gasteiger partial charge in [-0.3, -0.25) is 4.90 Å². The fraction of sp³-hybridized carbons (Fsp3) is 0.500. The van der Waals surface area contributed by atoms with Crippen molar-refractivity contribution in [2.24, 2.45) is 5.92 Å². The van der Waals surface area contributed by atoms with Crippen LogP contribution in [0.15, 0.2) is 28.7 Å². The molecule has 0 spiro atoms. The van der Waals surface area contributed by atoms with Crippen LogP contribution in [0.25, 0.3) is 0 Å². The van der Waals surface area contributed by atoms with Crippen molar-refractivity contribution in [2.75, 3.05) is 25.0 Å². The molecule has 3 heterocycles. The quantitative estimate of drug-likeness (QED) is 0.913. The van der Waals surface area contributed by atoms with E-state index in [1.165, 1.54) is 0 Å². The highest BCUT2D eigenvalue weighted by Gasteiger charge is 2.47. The minimum Gasteiger partial charge on any atom is -0.366 e. The van der Waals surface area contributed by atoms with Crippen LogP contribution in [0.3, 0.4) is 0 Å². The summed E-state index contributed by atoms with van der Waals surface area (Å²) in [4.78, 5) is 2.40. The summed E-state index contributed by atoms with van der Waals surface area (Å²) in [7, 11) is 0. The molecule has 0 amide bonds. The van der Waals surface area contributed by atoms with E-state index in [9.17, 15) is 5.26 Å². The van der Waals surface area contributed by atoms with Gasteiger partial charge in [0.15, 0.2) is 0 Å². The predicted octanol–water partition coefficient (Wildman–Crippen LogP) is 2.85. The molecular formula is C14H16BrN3. The predicted molar refractivity (Wildman–Crippen MR) is 75.3 cm³/mol. The number of anilines is 1. The second-order valence-electron chi connectivity index (χ2n) is 5.27. The van der Waals surface area contributed by atoms with E-state index in [-0.39, 0.29) is 0 Å². The van der Waals surface area contributed by atoms with Crippen LogP contribution in [0.1, 0.15) is 12.8 Å². The highest BCUT2D eigenvalue weighted by Crippen LogP contribution is 2.37. The highest BCUT2D eigenvalue weighted by atomic mass is 79.9. The molecule has 3 fully saturated rings. The minimum atomic E-state index is -0.398. The maximum atomic E-state index is 9.63. The third-order valence-corrected chi connectivity index (χ3v) is 4.70. The molecule has 94 valence electrons. The summed E-state index contributed by atoms with van der Waals surface area (Å²) in [5.41, 5.74) is 0.637. The van der Waals surface area contributed by atoms with Gasteiger partial charge in [-0.15, -0.1) is 0 Å². The standard InChI is InChI=1S/C14H16BrN3/c15-12-1-3-13(4-2-12)17-14(9-16)10-18-7-5-11(14)6-8-18/h1-4,11,17H,5-8,10H2. The maximum absolute atomic E-state index is 9.63. The fourth-order valence-electron chi connectivity index (χ4n) is 3.15. The topological polar surface area (TPSA) is 39.1 Å². The van der Waals surface area contributed by atoms with Crippen LogP contribution in [-0.4, -0.2) is 30.1 Å². The van der Waals surface area contributed by atoms with Gasteiger partial charge in [-0.1, -0.05) is 15.9 Å². The van der Waals surface area contributed by atoms with Gasteiger partial charge in [-0.2, -0.15) is 5.26 Å². The van der Waals surface area contributed by atoms with Crippen molar-refractivity contribution in [1.82, 2.24) is 4.90 Å². The molecule has 1 aromatic carbocycles. The summed E-state index contributed by atoms with van der Waals surface area (Å²) < 4.78 is 1.06. The number of hydrogen-bond donors (Lipinski definition) is 1. The molecule has 1 atom stereocenters. The first kappa shape index (κ1) is 12.0. The number of hydrogen-bond acceptors (Lipinski definition) is 3. The van der Waals surface area contributed by atoms with Crippen molar-refractivity contribution >= 4 is 21.6 Å². The first-order chi connectivity index (χ1) is 8.72. The lowest BCUT2D eigenvalue weighted by Gasteiger charge is -2.50. The molecule has 3 nitrogen and oxygen atoms in total. The summed E-state index contributed by atoms with van der Waals surface area (Å²) >= 11 is 3.43. The third-order valence-electron chi connectivity index (χ3n) is 4.17. The van der Waals surface area contributed by atoms with Crippen molar-refractivity contribution in [3.63, 3.8) is 0 Å². The second kappa shape index (κ2) is 4.56. The third kappa shape index (κ3) is 2.02. The average Bonchev–Trinajstić information content (AvgIpc) is 2.43. The fourth-order valence-corrected chi connectivity index (χ4v) is 3.42. The normalized spacial score (nSPS) is 34.0. The smallest absolute Gasteiger partial charge is 0.141 e. The van der Waals surface area contributed by atoms with Crippen molar-refractivity contribution in [1.29, 1.82) is 5.26 Å². The number of nitrogens with zero attached hydrogens (tertiary/aromatic N) is 2. The van der Waals surface area contributed by atoms with Crippen LogP contribution in [0.5, 0.6) is 0 Å². The SMILES string of the molecule is N#CC1(Nc2ccc(Br)cc2)CN2CCC1CC2. The van der Waals surface area contributed by atoms with Crippen molar-refractivity contribution in [3.8, 4) is 6.07 Å². The van der Waals surface area contributed by atoms with E-state index in [1.807, 2.05) is 24.3 Å². The molecule has 4 rings (SSSR count). The Kier molecular flexibility index (Phi) is 3.04. The molecule has 4 heteroatoms. The zero-order valence-electron chi connectivity index (χ0n) is 10.2. The van der Waals surface area contributed by atoms with Crippen molar-refractivity contribution in [2.45, 2.75) is 18.4 Å². The molecule has 0 radical (unpaired) electrons. The van der Waals surface area contributed by atoms with Gasteiger partial charge in [0.05, 0.1) is 6.07 Å². The molecule has 0 aromatic heterocycles. The number of nitrogens with one attached hydrogen (secondary N) is 1. The largest absolute Gasteiger partial charge is 0.366 e. The molecule has 2 bridgehead atoms. The summed E-state index contributed by atoms with van der Waals surface area (Å²) in [5, 5.41) is 13.1. The molecule has 1 N–H and O–H groups in total. The number of rotatable bonds is 2. The Morgan fingerprint density at radius 2 is 1.94 bits per heavy atom. The lowest BCUT2D eigenvalue weighted by Crippen LogP contribution is -2.62. The average molecular weight is 306 g/mol. The second-order valence-corrected chi connectivity index (χ2v) is 6.18. The summed E-state index contributed by atoms with van der Waals surface area (Å²) in [6.07, 6.45) is 2.27. The van der Waals surface area contributed by atoms with Gasteiger partial charge in [0.2, 0.25) is 0 Å². The minimum absolute atomic E-state index is 0.398. The molecule has 18 heavy (non-hydrogen) atoms. The van der Waals surface area contributed by atoms with Crippen LogP contribution < -0.4 is 5.32 Å². The number of fused-ring (bicyclic) bond motifs is 3. The highest BCUT2D eigenvalue weighted by molar-refractivity contribution is 9.10. The van der Waals surface area contributed by atoms with Gasteiger partial charge in [0.25, 0.3) is 0 Å². The van der Waals surface area contributed by atoms with Crippen LogP contribution in [0, 0.1) is 17.2 Å². The Morgan fingerprint density at radius 1 is 1.28 bits per heavy atom. The van der Waals surface area contributed by atoms with E-state index in [4.69, 9.17) is 0 Å². The van der Waals surface area contributed by atoms with Gasteiger partial charge in [0, 0.05) is 16.7 Å². The Bertz CT molecular complexity index is 471. The Morgan fingerprint density at radius 3 is 2.44 bits per heavy atom. The van der Waals surface area contributed by atoms with E-state index in [0.717, 1.165) is 42.6 Å². The van der Waals surface area contributed by atoms with Crippen molar-refractivity contribution < 1.29 is 0 Å². The van der Waals surface area contributed by atoms with Gasteiger partial charge < -0.3 is 5.32 Å². The Balaban J connectivity index is 1.85. The molecule has 0 saturated carbocycles. The number of nitriles is 1. The molecule has 1 unspecified atom stereocenters. The molecule has 3 aliphatic rings. The Hall–Kier alpha value is -1.05. The van der Waals surface area contributed by atoms with Crippen LogP contribution >= 0.6 is 15.9 Å². The van der Waals surface area contributed by atoms with Crippen LogP contribution in [0.2, 0.25) is 0 Å². The van der Waals surface area contributed by atoms with Gasteiger partial charge >= 0.3 is 0 Å². The molecule has 3 aliphatic heterocycles. The van der Waals surface area contributed by atoms with Crippen molar-refractivity contribution in [3.05, 3.63) is 28.7 Å². The molecule has 1 aromatic rings. The lowest BCUT2D eigenvalue weighted by atomic mass is 9.73. The lowest BCUT2D eigenvalue weighted by molar-refractivity contribution is 0.0675. The van der Waals surface area contributed by atoms with Gasteiger partial charge in [-0.25, -0.2) is 0 Å². The summed E-state index contributed by atoms with van der Waals surface area (Å²) in [5.74, 6) is 0.483. The first-order valence-corrected chi connectivity index (χ1v) is 7.18. The van der Waals surface area contributed by atoms with Gasteiger partial charge in [-0.05, 0) is 56.1 Å². The van der Waals surface area contributed by atoms with Crippen LogP contribution in [-0.2, 0) is 0 Å².